The minimum Gasteiger partial charge on any atom is -0.363 e. The fourth-order valence-corrected chi connectivity index (χ4v) is 1.52. The highest BCUT2D eigenvalue weighted by molar-refractivity contribution is 5.73. The van der Waals surface area contributed by atoms with Crippen LogP contribution in [0.2, 0.25) is 0 Å². The van der Waals surface area contributed by atoms with Crippen molar-refractivity contribution in [2.75, 3.05) is 19.0 Å². The van der Waals surface area contributed by atoms with Crippen LogP contribution in [0.5, 0.6) is 0 Å². The van der Waals surface area contributed by atoms with E-state index in [9.17, 15) is 0 Å². The zero-order valence-electron chi connectivity index (χ0n) is 9.86. The minimum atomic E-state index is -0.0444. The number of nitrogens with zero attached hydrogens (tertiary/aromatic N) is 3. The van der Waals surface area contributed by atoms with Gasteiger partial charge in [0.1, 0.15) is 11.6 Å². The standard InChI is InChI=1S/C11H17N5/c1-4-7(12)10-13-8-5-6-9(16(2)3)14-11(8)15-10/h5-7H,4,12H2,1-3H3,(H,13,14,15). The van der Waals surface area contributed by atoms with Crippen molar-refractivity contribution in [3.63, 3.8) is 0 Å². The number of aromatic nitrogens is 3. The molecule has 0 saturated heterocycles. The number of anilines is 1. The maximum atomic E-state index is 5.92. The summed E-state index contributed by atoms with van der Waals surface area (Å²) in [5.74, 6) is 1.71. The van der Waals surface area contributed by atoms with E-state index in [-0.39, 0.29) is 6.04 Å². The SMILES string of the molecule is CCC(N)c1nc2nc(N(C)C)ccc2[nH]1. The van der Waals surface area contributed by atoms with E-state index in [2.05, 4.69) is 15.0 Å². The molecule has 0 aromatic carbocycles. The molecule has 2 aromatic heterocycles. The number of nitrogens with one attached hydrogen (secondary N) is 1. The molecule has 2 heterocycles. The first-order chi connectivity index (χ1) is 7.61. The lowest BCUT2D eigenvalue weighted by Crippen LogP contribution is -2.10. The summed E-state index contributed by atoms with van der Waals surface area (Å²) < 4.78 is 0. The fourth-order valence-electron chi connectivity index (χ4n) is 1.52. The molecule has 2 rings (SSSR count). The highest BCUT2D eigenvalue weighted by Crippen LogP contribution is 2.17. The second-order valence-corrected chi connectivity index (χ2v) is 4.07. The van der Waals surface area contributed by atoms with Crippen LogP contribution in [0, 0.1) is 0 Å². The van der Waals surface area contributed by atoms with Crippen molar-refractivity contribution in [2.24, 2.45) is 5.73 Å². The van der Waals surface area contributed by atoms with Crippen molar-refractivity contribution in [3.8, 4) is 0 Å². The van der Waals surface area contributed by atoms with E-state index < -0.39 is 0 Å². The summed E-state index contributed by atoms with van der Waals surface area (Å²) in [5.41, 5.74) is 7.59. The van der Waals surface area contributed by atoms with Crippen molar-refractivity contribution in [1.29, 1.82) is 0 Å². The quantitative estimate of drug-likeness (QED) is 0.819. The van der Waals surface area contributed by atoms with Gasteiger partial charge < -0.3 is 15.6 Å². The third-order valence-corrected chi connectivity index (χ3v) is 2.60. The van der Waals surface area contributed by atoms with Gasteiger partial charge in [-0.1, -0.05) is 6.92 Å². The van der Waals surface area contributed by atoms with Crippen LogP contribution in [0.3, 0.4) is 0 Å². The summed E-state index contributed by atoms with van der Waals surface area (Å²) in [6.07, 6.45) is 0.861. The molecule has 5 nitrogen and oxygen atoms in total. The Hall–Kier alpha value is -1.62. The molecule has 1 atom stereocenters. The molecule has 2 aromatic rings. The highest BCUT2D eigenvalue weighted by Gasteiger charge is 2.10. The Balaban J connectivity index is 2.46. The van der Waals surface area contributed by atoms with Gasteiger partial charge in [-0.05, 0) is 18.6 Å². The lowest BCUT2D eigenvalue weighted by atomic mass is 10.2. The third kappa shape index (κ3) is 1.86. The first kappa shape index (κ1) is 10.9. The van der Waals surface area contributed by atoms with E-state index in [1.165, 1.54) is 0 Å². The lowest BCUT2D eigenvalue weighted by molar-refractivity contribution is 0.660. The molecule has 0 aliphatic heterocycles. The number of aromatic amines is 1. The Bertz CT molecular complexity index is 488. The lowest BCUT2D eigenvalue weighted by Gasteiger charge is -2.09. The van der Waals surface area contributed by atoms with Gasteiger partial charge in [-0.15, -0.1) is 0 Å². The van der Waals surface area contributed by atoms with Crippen molar-refractivity contribution in [3.05, 3.63) is 18.0 Å². The largest absolute Gasteiger partial charge is 0.363 e. The monoisotopic (exact) mass is 219 g/mol. The molecule has 0 aliphatic rings. The van der Waals surface area contributed by atoms with Crippen molar-refractivity contribution < 1.29 is 0 Å². The maximum absolute atomic E-state index is 5.92. The number of imidazole rings is 1. The predicted molar refractivity (Wildman–Crippen MR) is 65.4 cm³/mol. The van der Waals surface area contributed by atoms with Gasteiger partial charge in [0.05, 0.1) is 11.6 Å². The molecule has 0 aliphatic carbocycles. The number of H-pyrrole nitrogens is 1. The van der Waals surface area contributed by atoms with Crippen LogP contribution in [-0.2, 0) is 0 Å². The summed E-state index contributed by atoms with van der Waals surface area (Å²) >= 11 is 0. The van der Waals surface area contributed by atoms with Gasteiger partial charge in [0.2, 0.25) is 0 Å². The molecule has 5 heteroatoms. The van der Waals surface area contributed by atoms with Crippen LogP contribution in [0.25, 0.3) is 11.2 Å². The predicted octanol–water partition coefficient (Wildman–Crippen LogP) is 1.43. The van der Waals surface area contributed by atoms with Crippen LogP contribution in [-0.4, -0.2) is 29.0 Å². The average molecular weight is 219 g/mol. The molecule has 0 fully saturated rings. The van der Waals surface area contributed by atoms with Crippen molar-refractivity contribution in [2.45, 2.75) is 19.4 Å². The van der Waals surface area contributed by atoms with Gasteiger partial charge in [-0.2, -0.15) is 0 Å². The van der Waals surface area contributed by atoms with Crippen LogP contribution in [0.4, 0.5) is 5.82 Å². The molecular weight excluding hydrogens is 202 g/mol. The van der Waals surface area contributed by atoms with Gasteiger partial charge in [0.25, 0.3) is 0 Å². The molecule has 0 spiro atoms. The topological polar surface area (TPSA) is 70.8 Å². The summed E-state index contributed by atoms with van der Waals surface area (Å²) in [4.78, 5) is 14.0. The molecule has 0 saturated carbocycles. The second-order valence-electron chi connectivity index (χ2n) is 4.07. The molecule has 16 heavy (non-hydrogen) atoms. The van der Waals surface area contributed by atoms with Crippen LogP contribution >= 0.6 is 0 Å². The number of nitrogens with two attached hydrogens (primary N) is 1. The molecule has 0 bridgehead atoms. The minimum absolute atomic E-state index is 0.0444. The average Bonchev–Trinajstić information content (AvgIpc) is 2.70. The van der Waals surface area contributed by atoms with Gasteiger partial charge in [0, 0.05) is 14.1 Å². The normalized spacial score (nSPS) is 13.0. The molecule has 1 unspecified atom stereocenters. The number of rotatable bonds is 3. The summed E-state index contributed by atoms with van der Waals surface area (Å²) in [5, 5.41) is 0. The van der Waals surface area contributed by atoms with Gasteiger partial charge in [-0.3, -0.25) is 0 Å². The first-order valence-corrected chi connectivity index (χ1v) is 5.41. The zero-order chi connectivity index (χ0) is 11.7. The Kier molecular flexibility index (Phi) is 2.78. The van der Waals surface area contributed by atoms with E-state index in [4.69, 9.17) is 5.73 Å². The number of fused-ring (bicyclic) bond motifs is 1. The molecular formula is C11H17N5. The fraction of sp³-hybridized carbons (Fsp3) is 0.455. The van der Waals surface area contributed by atoms with Crippen molar-refractivity contribution in [1.82, 2.24) is 15.0 Å². The molecule has 3 N–H and O–H groups in total. The van der Waals surface area contributed by atoms with E-state index >= 15 is 0 Å². The second kappa shape index (κ2) is 4.09. The zero-order valence-corrected chi connectivity index (χ0v) is 9.86. The first-order valence-electron chi connectivity index (χ1n) is 5.41. The molecule has 0 amide bonds. The third-order valence-electron chi connectivity index (χ3n) is 2.60. The van der Waals surface area contributed by atoms with Gasteiger partial charge in [-0.25, -0.2) is 9.97 Å². The van der Waals surface area contributed by atoms with E-state index in [0.29, 0.717) is 0 Å². The Morgan fingerprint density at radius 3 is 2.75 bits per heavy atom. The van der Waals surface area contributed by atoms with E-state index in [1.807, 2.05) is 38.1 Å². The number of pyridine rings is 1. The Labute approximate surface area is 94.7 Å². The van der Waals surface area contributed by atoms with Gasteiger partial charge in [0.15, 0.2) is 5.65 Å². The van der Waals surface area contributed by atoms with Crippen LogP contribution in [0.15, 0.2) is 12.1 Å². The number of hydrogen-bond donors (Lipinski definition) is 2. The summed E-state index contributed by atoms with van der Waals surface area (Å²) in [6, 6.07) is 3.90. The molecule has 0 radical (unpaired) electrons. The van der Waals surface area contributed by atoms with Gasteiger partial charge >= 0.3 is 0 Å². The number of hydrogen-bond acceptors (Lipinski definition) is 4. The highest BCUT2D eigenvalue weighted by atomic mass is 15.2. The molecule has 86 valence electrons. The van der Waals surface area contributed by atoms with Crippen LogP contribution < -0.4 is 10.6 Å². The summed E-state index contributed by atoms with van der Waals surface area (Å²) in [7, 11) is 3.92. The Morgan fingerprint density at radius 2 is 2.12 bits per heavy atom. The maximum Gasteiger partial charge on any atom is 0.179 e. The van der Waals surface area contributed by atoms with Crippen molar-refractivity contribution >= 4 is 17.0 Å². The smallest absolute Gasteiger partial charge is 0.179 e. The van der Waals surface area contributed by atoms with E-state index in [1.54, 1.807) is 0 Å². The summed E-state index contributed by atoms with van der Waals surface area (Å²) in [6.45, 7) is 2.04. The Morgan fingerprint density at radius 1 is 1.38 bits per heavy atom. The van der Waals surface area contributed by atoms with E-state index in [0.717, 1.165) is 29.2 Å². The van der Waals surface area contributed by atoms with Crippen LogP contribution in [0.1, 0.15) is 25.2 Å².